The quantitative estimate of drug-likeness (QED) is 0.156. The van der Waals surface area contributed by atoms with Gasteiger partial charge >= 0.3 is 0 Å². The smallest absolute Gasteiger partial charge is 0.0640 e. The van der Waals surface area contributed by atoms with Gasteiger partial charge in [0.05, 0.1) is 27.1 Å². The second-order valence-electron chi connectivity index (χ2n) is 15.9. The van der Waals surface area contributed by atoms with Gasteiger partial charge in [-0.2, -0.15) is 0 Å². The van der Waals surface area contributed by atoms with E-state index >= 15 is 0 Å². The first kappa shape index (κ1) is 35.5. The third-order valence-corrected chi connectivity index (χ3v) is 13.7. The number of para-hydroxylation sites is 3. The van der Waals surface area contributed by atoms with Gasteiger partial charge in [-0.3, -0.25) is 0 Å². The fraction of sp³-hybridized carbons (Fsp3) is 0.0345. The van der Waals surface area contributed by atoms with Crippen LogP contribution in [0.25, 0.3) is 86.3 Å². The normalized spacial score (nSPS) is 12.8. The Morgan fingerprint density at radius 1 is 0.475 bits per heavy atom. The van der Waals surface area contributed by atoms with Gasteiger partial charge in [0.2, 0.25) is 0 Å². The molecule has 11 aromatic rings. The van der Waals surface area contributed by atoms with Crippen LogP contribution < -0.4 is 4.90 Å². The molecule has 0 aliphatic heterocycles. The lowest BCUT2D eigenvalue weighted by Gasteiger charge is -2.29. The van der Waals surface area contributed by atoms with E-state index in [2.05, 4.69) is 228 Å². The summed E-state index contributed by atoms with van der Waals surface area (Å²) in [4.78, 5) is 2.50. The molecule has 2 aromatic heterocycles. The number of hydrogen-bond donors (Lipinski definition) is 0. The van der Waals surface area contributed by atoms with E-state index in [1.165, 1.54) is 91.8 Å². The first-order valence-corrected chi connectivity index (χ1v) is 22.0. The summed E-state index contributed by atoms with van der Waals surface area (Å²) in [6.07, 6.45) is 8.89. The molecule has 0 atom stereocenters. The number of rotatable bonds is 7. The molecule has 1 aliphatic carbocycles. The lowest BCUT2D eigenvalue weighted by atomic mass is 9.88. The van der Waals surface area contributed by atoms with Gasteiger partial charge in [0.25, 0.3) is 0 Å². The zero-order valence-electron chi connectivity index (χ0n) is 33.5. The van der Waals surface area contributed by atoms with Crippen LogP contribution in [0.5, 0.6) is 0 Å². The maximum Gasteiger partial charge on any atom is 0.0640 e. The molecule has 2 heterocycles. The molecule has 0 unspecified atom stereocenters. The zero-order valence-corrected chi connectivity index (χ0v) is 34.3. The van der Waals surface area contributed by atoms with Crippen LogP contribution >= 0.6 is 11.3 Å². The summed E-state index contributed by atoms with van der Waals surface area (Å²) >= 11 is 1.88. The molecule has 0 radical (unpaired) electrons. The van der Waals surface area contributed by atoms with Crippen molar-refractivity contribution in [1.82, 2.24) is 4.57 Å². The summed E-state index contributed by atoms with van der Waals surface area (Å²) in [6.45, 7) is 0. The Labute approximate surface area is 359 Å². The molecule has 0 fully saturated rings. The highest BCUT2D eigenvalue weighted by Gasteiger charge is 2.23. The van der Waals surface area contributed by atoms with Gasteiger partial charge in [-0.25, -0.2) is 0 Å². The van der Waals surface area contributed by atoms with Crippen LogP contribution in [0.15, 0.2) is 218 Å². The average molecular weight is 797 g/mol. The topological polar surface area (TPSA) is 8.17 Å². The van der Waals surface area contributed by atoms with E-state index in [0.717, 1.165) is 29.9 Å². The van der Waals surface area contributed by atoms with Crippen molar-refractivity contribution >= 4 is 86.7 Å². The number of nitrogens with zero attached hydrogens (tertiary/aromatic N) is 2. The monoisotopic (exact) mass is 796 g/mol. The number of hydrogen-bond acceptors (Lipinski definition) is 2. The van der Waals surface area contributed by atoms with Gasteiger partial charge in [-0.05, 0) is 106 Å². The van der Waals surface area contributed by atoms with Crippen LogP contribution in [0.2, 0.25) is 0 Å². The molecule has 0 N–H and O–H groups in total. The molecule has 12 rings (SSSR count). The first-order valence-electron chi connectivity index (χ1n) is 21.2. The highest BCUT2D eigenvalue weighted by molar-refractivity contribution is 7.26. The Morgan fingerprint density at radius 3 is 2.00 bits per heavy atom. The Hall–Kier alpha value is -7.46. The second-order valence-corrected chi connectivity index (χ2v) is 17.0. The fourth-order valence-corrected chi connectivity index (χ4v) is 10.9. The molecule has 0 bridgehead atoms. The molecule has 0 saturated heterocycles. The summed E-state index contributed by atoms with van der Waals surface area (Å²) < 4.78 is 4.97. The van der Waals surface area contributed by atoms with E-state index < -0.39 is 0 Å². The van der Waals surface area contributed by atoms with Crippen LogP contribution in [0.1, 0.15) is 18.4 Å². The Balaban J connectivity index is 1.05. The van der Waals surface area contributed by atoms with Gasteiger partial charge in [0.15, 0.2) is 0 Å². The van der Waals surface area contributed by atoms with E-state index in [1.807, 2.05) is 11.3 Å². The summed E-state index contributed by atoms with van der Waals surface area (Å²) in [5.74, 6) is 0. The van der Waals surface area contributed by atoms with Crippen molar-refractivity contribution in [3.05, 3.63) is 224 Å². The minimum atomic E-state index is 1.04. The molecule has 2 nitrogen and oxygen atoms in total. The van der Waals surface area contributed by atoms with E-state index in [4.69, 9.17) is 0 Å². The predicted molar refractivity (Wildman–Crippen MR) is 263 cm³/mol. The van der Waals surface area contributed by atoms with Crippen LogP contribution in [-0.2, 0) is 0 Å². The minimum absolute atomic E-state index is 1.04. The molecule has 61 heavy (non-hydrogen) atoms. The fourth-order valence-electron chi connectivity index (χ4n) is 9.68. The largest absolute Gasteiger partial charge is 0.309 e. The zero-order chi connectivity index (χ0) is 40.3. The van der Waals surface area contributed by atoms with Crippen LogP contribution in [0.3, 0.4) is 0 Å². The maximum atomic E-state index is 2.50. The van der Waals surface area contributed by atoms with Crippen molar-refractivity contribution in [1.29, 1.82) is 0 Å². The lowest BCUT2D eigenvalue weighted by Crippen LogP contribution is -2.11. The van der Waals surface area contributed by atoms with Crippen molar-refractivity contribution in [2.75, 3.05) is 4.90 Å². The number of thiophene rings is 1. The molecule has 288 valence electrons. The maximum absolute atomic E-state index is 2.50. The highest BCUT2D eigenvalue weighted by Crippen LogP contribution is 2.49. The molecule has 9 aromatic carbocycles. The molecule has 0 saturated carbocycles. The summed E-state index contributed by atoms with van der Waals surface area (Å²) in [5, 5.41) is 7.66. The molecule has 0 spiro atoms. The average Bonchev–Trinajstić information content (AvgIpc) is 3.88. The van der Waals surface area contributed by atoms with E-state index in [0.29, 0.717) is 0 Å². The number of aromatic nitrogens is 1. The van der Waals surface area contributed by atoms with Crippen LogP contribution in [0.4, 0.5) is 17.1 Å². The van der Waals surface area contributed by atoms with E-state index in [9.17, 15) is 0 Å². The van der Waals surface area contributed by atoms with E-state index in [1.54, 1.807) is 0 Å². The lowest BCUT2D eigenvalue weighted by molar-refractivity contribution is 1.06. The summed E-state index contributed by atoms with van der Waals surface area (Å²) in [5.41, 5.74) is 14.5. The SMILES string of the molecule is C1=CCCC(c2cccc3cccc(-c4ccccc4N(c4ccc(-c5ccc6c7ccccc7n(-c7ccccc7)c6c5)cc4)c4cccc5c4sc4ccccc45)c23)=C1. The third kappa shape index (κ3) is 5.92. The molecular formula is C58H40N2S. The van der Waals surface area contributed by atoms with Crippen molar-refractivity contribution in [2.24, 2.45) is 0 Å². The molecular weight excluding hydrogens is 757 g/mol. The second kappa shape index (κ2) is 14.7. The van der Waals surface area contributed by atoms with Gasteiger partial charge in [0.1, 0.15) is 0 Å². The van der Waals surface area contributed by atoms with Gasteiger partial charge in [0, 0.05) is 43.2 Å². The van der Waals surface area contributed by atoms with Crippen LogP contribution in [-0.4, -0.2) is 4.57 Å². The minimum Gasteiger partial charge on any atom is -0.309 e. The van der Waals surface area contributed by atoms with E-state index in [-0.39, 0.29) is 0 Å². The van der Waals surface area contributed by atoms with Crippen molar-refractivity contribution in [3.8, 4) is 27.9 Å². The Morgan fingerprint density at radius 2 is 1.15 bits per heavy atom. The Kier molecular flexibility index (Phi) is 8.53. The standard InChI is InChI=1S/C58H40N2S/c1-3-16-40(17-4-1)45-25-13-18-41-19-14-26-50(57(41)45)47-23-8-11-29-53(47)59(54-30-15-27-51-49-24-9-12-31-56(49)61-58(51)54)44-35-32-39(33-36-44)42-34-37-48-46-22-7-10-28-52(46)60(55(48)38-42)43-20-5-2-6-21-43/h1-3,5-16,18-38H,4,17H2. The summed E-state index contributed by atoms with van der Waals surface area (Å²) in [7, 11) is 0. The molecule has 0 amide bonds. The van der Waals surface area contributed by atoms with Gasteiger partial charge < -0.3 is 9.47 Å². The summed E-state index contributed by atoms with van der Waals surface area (Å²) in [6, 6.07) is 73.7. The number of benzene rings is 9. The third-order valence-electron chi connectivity index (χ3n) is 12.5. The molecule has 3 heteroatoms. The predicted octanol–water partition coefficient (Wildman–Crippen LogP) is 16.8. The Bertz CT molecular complexity index is 3520. The van der Waals surface area contributed by atoms with Gasteiger partial charge in [-0.15, -0.1) is 11.3 Å². The van der Waals surface area contributed by atoms with Crippen molar-refractivity contribution in [2.45, 2.75) is 12.8 Å². The number of anilines is 3. The first-order chi connectivity index (χ1) is 30.3. The number of fused-ring (bicyclic) bond motifs is 7. The van der Waals surface area contributed by atoms with Gasteiger partial charge in [-0.1, -0.05) is 164 Å². The molecule has 1 aliphatic rings. The van der Waals surface area contributed by atoms with Crippen LogP contribution in [0, 0.1) is 0 Å². The number of allylic oxidation sites excluding steroid dienone is 4. The van der Waals surface area contributed by atoms with Crippen molar-refractivity contribution in [3.63, 3.8) is 0 Å². The highest BCUT2D eigenvalue weighted by atomic mass is 32.1. The van der Waals surface area contributed by atoms with Crippen molar-refractivity contribution < 1.29 is 0 Å².